The summed E-state index contributed by atoms with van der Waals surface area (Å²) in [6.07, 6.45) is 0. The van der Waals surface area contributed by atoms with Gasteiger partial charge in [0.15, 0.2) is 11.6 Å². The van der Waals surface area contributed by atoms with Gasteiger partial charge in [-0.05, 0) is 29.3 Å². The Morgan fingerprint density at radius 2 is 1.79 bits per heavy atom. The quantitative estimate of drug-likeness (QED) is 0.723. The molecule has 0 saturated carbocycles. The number of aromatic nitrogens is 1. The summed E-state index contributed by atoms with van der Waals surface area (Å²) in [6, 6.07) is 13.5. The first-order valence-corrected chi connectivity index (χ1v) is 7.97. The summed E-state index contributed by atoms with van der Waals surface area (Å²) in [5.74, 6) is -2.00. The van der Waals surface area contributed by atoms with Crippen molar-refractivity contribution in [2.75, 3.05) is 5.73 Å². The van der Waals surface area contributed by atoms with E-state index in [0.717, 1.165) is 12.1 Å². The van der Waals surface area contributed by atoms with Crippen LogP contribution in [0.2, 0.25) is 0 Å². The van der Waals surface area contributed by atoms with Gasteiger partial charge in [-0.2, -0.15) is 10.5 Å². The number of nitrogens with two attached hydrogens (primary N) is 1. The highest BCUT2D eigenvalue weighted by molar-refractivity contribution is 5.80. The van der Waals surface area contributed by atoms with Gasteiger partial charge in [-0.25, -0.2) is 8.78 Å². The third-order valence-corrected chi connectivity index (χ3v) is 3.98. The minimum atomic E-state index is -1.03. The lowest BCUT2D eigenvalue weighted by Crippen LogP contribution is -2.16. The Morgan fingerprint density at radius 1 is 1.04 bits per heavy atom. The fraction of sp³-hybridized carbons (Fsp3) is 0.0500. The molecule has 28 heavy (non-hydrogen) atoms. The number of pyridine rings is 1. The Kier molecular flexibility index (Phi) is 5.05. The summed E-state index contributed by atoms with van der Waals surface area (Å²) in [5, 5.41) is 18.7. The lowest BCUT2D eigenvalue weighted by Gasteiger charge is -2.11. The normalized spacial score (nSPS) is 10.1. The van der Waals surface area contributed by atoms with E-state index in [0.29, 0.717) is 11.1 Å². The second-order valence-electron chi connectivity index (χ2n) is 5.78. The first-order chi connectivity index (χ1) is 13.4. The molecule has 3 rings (SSSR count). The zero-order valence-corrected chi connectivity index (χ0v) is 14.3. The molecule has 0 amide bonds. The monoisotopic (exact) mass is 378 g/mol. The maximum Gasteiger partial charge on any atom is 0.268 e. The first kappa shape index (κ1) is 18.6. The van der Waals surface area contributed by atoms with Crippen LogP contribution >= 0.6 is 0 Å². The molecule has 2 aromatic carbocycles. The Hall–Kier alpha value is -4.17. The predicted molar refractivity (Wildman–Crippen MR) is 97.0 cm³/mol. The van der Waals surface area contributed by atoms with E-state index in [2.05, 4.69) is 4.98 Å². The number of benzene rings is 2. The molecule has 1 aromatic heterocycles. The van der Waals surface area contributed by atoms with Crippen molar-refractivity contribution in [1.82, 2.24) is 4.98 Å². The highest BCUT2D eigenvalue weighted by atomic mass is 19.2. The van der Waals surface area contributed by atoms with E-state index in [9.17, 15) is 24.1 Å². The second kappa shape index (κ2) is 7.60. The fourth-order valence-corrected chi connectivity index (χ4v) is 2.68. The van der Waals surface area contributed by atoms with Crippen molar-refractivity contribution >= 4 is 5.82 Å². The van der Waals surface area contributed by atoms with Gasteiger partial charge in [-0.15, -0.1) is 0 Å². The molecule has 0 unspecified atom stereocenters. The summed E-state index contributed by atoms with van der Waals surface area (Å²) in [5.41, 5.74) is 5.94. The SMILES string of the molecule is N#Cc1c(N)[nH]c(=O)c(C#N)c1-c1cccc(COc2ccc(F)c(F)c2)c1. The Morgan fingerprint density at radius 3 is 2.46 bits per heavy atom. The largest absolute Gasteiger partial charge is 0.489 e. The highest BCUT2D eigenvalue weighted by Crippen LogP contribution is 2.29. The smallest absolute Gasteiger partial charge is 0.268 e. The average molecular weight is 378 g/mol. The molecule has 0 aliphatic rings. The van der Waals surface area contributed by atoms with Gasteiger partial charge in [0.25, 0.3) is 5.56 Å². The fourth-order valence-electron chi connectivity index (χ4n) is 2.68. The summed E-state index contributed by atoms with van der Waals surface area (Å²) in [6.45, 7) is 0.0152. The standard InChI is InChI=1S/C20H12F2N4O2/c21-16-5-4-13(7-17(16)22)28-10-11-2-1-3-12(6-11)18-14(8-23)19(25)26-20(27)15(18)9-24/h1-7H,10H2,(H3,25,26,27). The van der Waals surface area contributed by atoms with Gasteiger partial charge in [-0.1, -0.05) is 18.2 Å². The Balaban J connectivity index is 1.98. The minimum absolute atomic E-state index is 0.0152. The molecular weight excluding hydrogens is 366 g/mol. The number of nitriles is 2. The predicted octanol–water partition coefficient (Wildman–Crippen LogP) is 3.22. The molecule has 0 radical (unpaired) electrons. The topological polar surface area (TPSA) is 116 Å². The molecule has 3 aromatic rings. The minimum Gasteiger partial charge on any atom is -0.489 e. The molecule has 0 saturated heterocycles. The molecule has 0 bridgehead atoms. The molecule has 3 N–H and O–H groups in total. The lowest BCUT2D eigenvalue weighted by atomic mass is 9.95. The molecule has 1 heterocycles. The summed E-state index contributed by atoms with van der Waals surface area (Å²) < 4.78 is 31.7. The second-order valence-corrected chi connectivity index (χ2v) is 5.78. The lowest BCUT2D eigenvalue weighted by molar-refractivity contribution is 0.303. The molecule has 8 heteroatoms. The average Bonchev–Trinajstić information content (AvgIpc) is 2.68. The highest BCUT2D eigenvalue weighted by Gasteiger charge is 2.18. The van der Waals surface area contributed by atoms with Gasteiger partial charge in [0, 0.05) is 11.6 Å². The molecule has 0 spiro atoms. The van der Waals surface area contributed by atoms with Crippen LogP contribution in [0.4, 0.5) is 14.6 Å². The molecule has 0 aliphatic heterocycles. The van der Waals surface area contributed by atoms with Gasteiger partial charge in [0.05, 0.1) is 0 Å². The van der Waals surface area contributed by atoms with Crippen molar-refractivity contribution in [3.05, 3.63) is 81.1 Å². The summed E-state index contributed by atoms with van der Waals surface area (Å²) in [4.78, 5) is 14.3. The first-order valence-electron chi connectivity index (χ1n) is 7.97. The zero-order chi connectivity index (χ0) is 20.3. The third-order valence-electron chi connectivity index (χ3n) is 3.98. The van der Waals surface area contributed by atoms with Crippen LogP contribution in [0.25, 0.3) is 11.1 Å². The number of halogens is 2. The molecule has 0 atom stereocenters. The number of hydrogen-bond acceptors (Lipinski definition) is 5. The van der Waals surface area contributed by atoms with E-state index in [1.165, 1.54) is 6.07 Å². The molecule has 6 nitrogen and oxygen atoms in total. The van der Waals surface area contributed by atoms with Crippen molar-refractivity contribution in [3.8, 4) is 29.0 Å². The number of rotatable bonds is 4. The number of hydrogen-bond donors (Lipinski definition) is 2. The van der Waals surface area contributed by atoms with Gasteiger partial charge in [-0.3, -0.25) is 4.79 Å². The number of ether oxygens (including phenoxy) is 1. The summed E-state index contributed by atoms with van der Waals surface area (Å²) >= 11 is 0. The number of H-pyrrole nitrogens is 1. The maximum absolute atomic E-state index is 13.3. The van der Waals surface area contributed by atoms with E-state index in [1.807, 2.05) is 6.07 Å². The Bertz CT molecular complexity index is 1210. The summed E-state index contributed by atoms with van der Waals surface area (Å²) in [7, 11) is 0. The molecular formula is C20H12F2N4O2. The van der Waals surface area contributed by atoms with E-state index in [4.69, 9.17) is 10.5 Å². The molecule has 0 aliphatic carbocycles. The van der Waals surface area contributed by atoms with Crippen LogP contribution in [-0.2, 0) is 6.61 Å². The van der Waals surface area contributed by atoms with Gasteiger partial charge < -0.3 is 15.5 Å². The van der Waals surface area contributed by atoms with Crippen molar-refractivity contribution in [3.63, 3.8) is 0 Å². The number of nitrogens with zero attached hydrogens (tertiary/aromatic N) is 2. The van der Waals surface area contributed by atoms with Gasteiger partial charge >= 0.3 is 0 Å². The van der Waals surface area contributed by atoms with E-state index in [-0.39, 0.29) is 34.9 Å². The van der Waals surface area contributed by atoms with Crippen molar-refractivity contribution in [2.45, 2.75) is 6.61 Å². The van der Waals surface area contributed by atoms with E-state index >= 15 is 0 Å². The molecule has 138 valence electrons. The van der Waals surface area contributed by atoms with Gasteiger partial charge in [0.2, 0.25) is 0 Å². The van der Waals surface area contributed by atoms with E-state index < -0.39 is 17.2 Å². The van der Waals surface area contributed by atoms with E-state index in [1.54, 1.807) is 30.3 Å². The van der Waals surface area contributed by atoms with Crippen molar-refractivity contribution in [1.29, 1.82) is 10.5 Å². The molecule has 0 fully saturated rings. The van der Waals surface area contributed by atoms with Crippen LogP contribution in [0.1, 0.15) is 16.7 Å². The van der Waals surface area contributed by atoms with Crippen LogP contribution in [-0.4, -0.2) is 4.98 Å². The number of anilines is 1. The Labute approximate surface area is 158 Å². The van der Waals surface area contributed by atoms with Crippen molar-refractivity contribution in [2.24, 2.45) is 0 Å². The van der Waals surface area contributed by atoms with Crippen LogP contribution in [0.3, 0.4) is 0 Å². The van der Waals surface area contributed by atoms with Crippen molar-refractivity contribution < 1.29 is 13.5 Å². The van der Waals surface area contributed by atoms with Crippen LogP contribution in [0.15, 0.2) is 47.3 Å². The number of aromatic amines is 1. The van der Waals surface area contributed by atoms with Crippen LogP contribution in [0, 0.1) is 34.3 Å². The van der Waals surface area contributed by atoms with Gasteiger partial charge in [0.1, 0.15) is 41.4 Å². The third kappa shape index (κ3) is 3.53. The number of nitrogen functional groups attached to an aromatic ring is 1. The maximum atomic E-state index is 13.3. The number of nitrogens with one attached hydrogen (secondary N) is 1. The zero-order valence-electron chi connectivity index (χ0n) is 14.3. The van der Waals surface area contributed by atoms with Crippen LogP contribution in [0.5, 0.6) is 5.75 Å². The van der Waals surface area contributed by atoms with Crippen LogP contribution < -0.4 is 16.0 Å².